The molecule has 1 fully saturated rings. The first-order valence-electron chi connectivity index (χ1n) is 11.7. The number of nitrogens with zero attached hydrogens (tertiary/aromatic N) is 5. The zero-order valence-electron chi connectivity index (χ0n) is 19.7. The van der Waals surface area contributed by atoms with E-state index >= 15 is 0 Å². The largest absolute Gasteiger partial charge is 0.366 e. The van der Waals surface area contributed by atoms with Gasteiger partial charge in [0.25, 0.3) is 11.6 Å². The van der Waals surface area contributed by atoms with Gasteiger partial charge in [-0.3, -0.25) is 14.9 Å². The zero-order chi connectivity index (χ0) is 24.5. The SMILES string of the molecule is CCc1ccc(-n2nc3cc(C)c(NC(=O)c4ccc(N5CCCC5)c([N+](=O)[O-])c4)cc3n2)cc1. The van der Waals surface area contributed by atoms with Crippen LogP contribution in [0.3, 0.4) is 0 Å². The van der Waals surface area contributed by atoms with Gasteiger partial charge in [0.2, 0.25) is 0 Å². The number of nitro benzene ring substituents is 1. The van der Waals surface area contributed by atoms with E-state index in [1.165, 1.54) is 11.6 Å². The molecular weight excluding hydrogens is 444 g/mol. The molecule has 0 aliphatic carbocycles. The van der Waals surface area contributed by atoms with Gasteiger partial charge in [0, 0.05) is 30.4 Å². The Balaban J connectivity index is 1.41. The molecule has 9 nitrogen and oxygen atoms in total. The highest BCUT2D eigenvalue weighted by molar-refractivity contribution is 6.06. The molecule has 178 valence electrons. The normalized spacial score (nSPS) is 13.4. The fourth-order valence-corrected chi connectivity index (χ4v) is 4.41. The van der Waals surface area contributed by atoms with Gasteiger partial charge in [0.1, 0.15) is 16.7 Å². The van der Waals surface area contributed by atoms with Crippen LogP contribution < -0.4 is 10.2 Å². The summed E-state index contributed by atoms with van der Waals surface area (Å²) in [6, 6.07) is 16.4. The molecule has 3 aromatic carbocycles. The summed E-state index contributed by atoms with van der Waals surface area (Å²) < 4.78 is 0. The van der Waals surface area contributed by atoms with Crippen molar-refractivity contribution in [3.05, 3.63) is 81.4 Å². The second-order valence-electron chi connectivity index (χ2n) is 8.77. The molecule has 1 N–H and O–H groups in total. The summed E-state index contributed by atoms with van der Waals surface area (Å²) in [5, 5.41) is 23.7. The van der Waals surface area contributed by atoms with Crippen LogP contribution in [0.4, 0.5) is 17.1 Å². The molecule has 0 spiro atoms. The lowest BCUT2D eigenvalue weighted by Crippen LogP contribution is -2.20. The molecule has 9 heteroatoms. The number of aryl methyl sites for hydroxylation is 2. The van der Waals surface area contributed by atoms with E-state index in [1.54, 1.807) is 23.0 Å². The Kier molecular flexibility index (Phi) is 5.90. The number of hydrogen-bond acceptors (Lipinski definition) is 6. The first-order chi connectivity index (χ1) is 16.9. The standard InChI is InChI=1S/C26H26N6O3/c1-3-18-6-9-20(10-7-18)31-28-22-14-17(2)21(16-23(22)29-31)27-26(33)19-8-11-24(25(15-19)32(34)35)30-12-4-5-13-30/h6-11,14-16H,3-5,12-13H2,1-2H3,(H,27,33). The van der Waals surface area contributed by atoms with Gasteiger partial charge in [-0.1, -0.05) is 19.1 Å². The lowest BCUT2D eigenvalue weighted by Gasteiger charge is -2.18. The monoisotopic (exact) mass is 470 g/mol. The van der Waals surface area contributed by atoms with E-state index in [0.29, 0.717) is 22.4 Å². The smallest absolute Gasteiger partial charge is 0.293 e. The number of aromatic nitrogens is 3. The fourth-order valence-electron chi connectivity index (χ4n) is 4.41. The highest BCUT2D eigenvalue weighted by Crippen LogP contribution is 2.32. The summed E-state index contributed by atoms with van der Waals surface area (Å²) in [7, 11) is 0. The predicted octanol–water partition coefficient (Wildman–Crippen LogP) is 5.05. The molecule has 0 unspecified atom stereocenters. The summed E-state index contributed by atoms with van der Waals surface area (Å²) in [6.07, 6.45) is 2.98. The first kappa shape index (κ1) is 22.5. The molecular formula is C26H26N6O3. The summed E-state index contributed by atoms with van der Waals surface area (Å²) in [5.41, 5.74) is 5.59. The van der Waals surface area contributed by atoms with E-state index in [4.69, 9.17) is 0 Å². The van der Waals surface area contributed by atoms with Crippen molar-refractivity contribution in [3.63, 3.8) is 0 Å². The second kappa shape index (κ2) is 9.17. The maximum absolute atomic E-state index is 13.0. The summed E-state index contributed by atoms with van der Waals surface area (Å²) in [4.78, 5) is 27.9. The van der Waals surface area contributed by atoms with Gasteiger partial charge >= 0.3 is 0 Å². The minimum absolute atomic E-state index is 0.0521. The molecule has 1 aliphatic rings. The number of benzene rings is 3. The van der Waals surface area contributed by atoms with Gasteiger partial charge in [0.05, 0.1) is 10.6 Å². The van der Waals surface area contributed by atoms with E-state index in [2.05, 4.69) is 34.6 Å². The van der Waals surface area contributed by atoms with Crippen LogP contribution in [-0.4, -0.2) is 38.9 Å². The molecule has 2 heterocycles. The molecule has 1 aliphatic heterocycles. The average Bonchev–Trinajstić information content (AvgIpc) is 3.54. The van der Waals surface area contributed by atoms with Gasteiger partial charge in [-0.15, -0.1) is 10.2 Å². The number of fused-ring (bicyclic) bond motifs is 1. The Bertz CT molecular complexity index is 1420. The molecule has 5 rings (SSSR count). The Hall–Kier alpha value is -4.27. The number of rotatable bonds is 6. The Morgan fingerprint density at radius 2 is 1.71 bits per heavy atom. The van der Waals surface area contributed by atoms with Crippen molar-refractivity contribution < 1.29 is 9.72 Å². The van der Waals surface area contributed by atoms with Crippen LogP contribution in [0.25, 0.3) is 16.7 Å². The molecule has 1 saturated heterocycles. The van der Waals surface area contributed by atoms with Gasteiger partial charge in [-0.05, 0) is 73.7 Å². The van der Waals surface area contributed by atoms with Crippen LogP contribution in [0.15, 0.2) is 54.6 Å². The maximum atomic E-state index is 13.0. The molecule has 4 aromatic rings. The molecule has 0 saturated carbocycles. The van der Waals surface area contributed by atoms with Gasteiger partial charge in [-0.25, -0.2) is 0 Å². The highest BCUT2D eigenvalue weighted by atomic mass is 16.6. The molecule has 0 bridgehead atoms. The number of nitro groups is 1. The summed E-state index contributed by atoms with van der Waals surface area (Å²) in [6.45, 7) is 5.56. The molecule has 1 amide bonds. The van der Waals surface area contributed by atoms with E-state index in [0.717, 1.165) is 43.6 Å². The Labute approximate surface area is 202 Å². The number of amides is 1. The van der Waals surface area contributed by atoms with E-state index in [9.17, 15) is 14.9 Å². The van der Waals surface area contributed by atoms with Crippen LogP contribution in [0.1, 0.15) is 41.3 Å². The minimum Gasteiger partial charge on any atom is -0.366 e. The summed E-state index contributed by atoms with van der Waals surface area (Å²) >= 11 is 0. The Morgan fingerprint density at radius 1 is 1.03 bits per heavy atom. The molecule has 0 radical (unpaired) electrons. The number of hydrogen-bond donors (Lipinski definition) is 1. The number of nitrogens with one attached hydrogen (secondary N) is 1. The van der Waals surface area contributed by atoms with Crippen LogP contribution in [0.5, 0.6) is 0 Å². The van der Waals surface area contributed by atoms with E-state index in [1.807, 2.05) is 30.0 Å². The topological polar surface area (TPSA) is 106 Å². The van der Waals surface area contributed by atoms with Crippen molar-refractivity contribution in [2.24, 2.45) is 0 Å². The number of anilines is 2. The second-order valence-corrected chi connectivity index (χ2v) is 8.77. The van der Waals surface area contributed by atoms with Crippen molar-refractivity contribution in [2.45, 2.75) is 33.1 Å². The van der Waals surface area contributed by atoms with Crippen molar-refractivity contribution in [2.75, 3.05) is 23.3 Å². The van der Waals surface area contributed by atoms with E-state index in [-0.39, 0.29) is 11.3 Å². The van der Waals surface area contributed by atoms with Crippen LogP contribution >= 0.6 is 0 Å². The Morgan fingerprint density at radius 3 is 2.37 bits per heavy atom. The van der Waals surface area contributed by atoms with Crippen molar-refractivity contribution in [1.82, 2.24) is 15.0 Å². The highest BCUT2D eigenvalue weighted by Gasteiger charge is 2.24. The maximum Gasteiger partial charge on any atom is 0.293 e. The zero-order valence-corrected chi connectivity index (χ0v) is 19.7. The predicted molar refractivity (Wildman–Crippen MR) is 135 cm³/mol. The molecule has 0 atom stereocenters. The van der Waals surface area contributed by atoms with Crippen molar-refractivity contribution in [3.8, 4) is 5.69 Å². The van der Waals surface area contributed by atoms with Crippen molar-refractivity contribution in [1.29, 1.82) is 0 Å². The van der Waals surface area contributed by atoms with Gasteiger partial charge < -0.3 is 10.2 Å². The summed E-state index contributed by atoms with van der Waals surface area (Å²) in [5.74, 6) is -0.411. The number of carbonyl (C=O) groups is 1. The van der Waals surface area contributed by atoms with Gasteiger partial charge in [-0.2, -0.15) is 4.80 Å². The fraction of sp³-hybridized carbons (Fsp3) is 0.269. The van der Waals surface area contributed by atoms with Crippen LogP contribution in [-0.2, 0) is 6.42 Å². The third-order valence-corrected chi connectivity index (χ3v) is 6.43. The van der Waals surface area contributed by atoms with Crippen LogP contribution in [0.2, 0.25) is 0 Å². The van der Waals surface area contributed by atoms with E-state index < -0.39 is 10.8 Å². The van der Waals surface area contributed by atoms with Crippen LogP contribution in [0, 0.1) is 17.0 Å². The lowest BCUT2D eigenvalue weighted by atomic mass is 10.1. The van der Waals surface area contributed by atoms with Gasteiger partial charge in [0.15, 0.2) is 0 Å². The first-order valence-corrected chi connectivity index (χ1v) is 11.7. The molecule has 1 aromatic heterocycles. The average molecular weight is 471 g/mol. The quantitative estimate of drug-likeness (QED) is 0.312. The minimum atomic E-state index is -0.424. The molecule has 35 heavy (non-hydrogen) atoms. The lowest BCUT2D eigenvalue weighted by molar-refractivity contribution is -0.384. The third-order valence-electron chi connectivity index (χ3n) is 6.43. The van der Waals surface area contributed by atoms with Crippen molar-refractivity contribution >= 4 is 34.0 Å². The number of carbonyl (C=O) groups excluding carboxylic acids is 1. The third kappa shape index (κ3) is 4.44.